The van der Waals surface area contributed by atoms with Crippen LogP contribution in [-0.4, -0.2) is 53.6 Å². The summed E-state index contributed by atoms with van der Waals surface area (Å²) in [6, 6.07) is 8.29. The van der Waals surface area contributed by atoms with Crippen molar-refractivity contribution in [3.05, 3.63) is 30.5 Å². The van der Waals surface area contributed by atoms with E-state index in [2.05, 4.69) is 20.2 Å². The van der Waals surface area contributed by atoms with Gasteiger partial charge in [-0.2, -0.15) is 4.98 Å². The molecule has 6 nitrogen and oxygen atoms in total. The Morgan fingerprint density at radius 3 is 2.91 bits per heavy atom. The van der Waals surface area contributed by atoms with Crippen molar-refractivity contribution in [3.63, 3.8) is 0 Å². The molecule has 1 saturated heterocycles. The van der Waals surface area contributed by atoms with E-state index in [0.29, 0.717) is 12.6 Å². The lowest BCUT2D eigenvalue weighted by molar-refractivity contribution is -0.122. The van der Waals surface area contributed by atoms with Crippen LogP contribution in [0.15, 0.2) is 30.5 Å². The highest BCUT2D eigenvalue weighted by Crippen LogP contribution is 2.18. The van der Waals surface area contributed by atoms with Crippen molar-refractivity contribution in [1.29, 1.82) is 0 Å². The Morgan fingerprint density at radius 1 is 1.36 bits per heavy atom. The van der Waals surface area contributed by atoms with Crippen LogP contribution in [0, 0.1) is 0 Å². The molecule has 2 aromatic rings. The molecule has 1 aromatic carbocycles. The van der Waals surface area contributed by atoms with Crippen LogP contribution in [0.1, 0.15) is 12.8 Å². The van der Waals surface area contributed by atoms with Crippen LogP contribution in [0.2, 0.25) is 0 Å². The fraction of sp³-hybridized carbons (Fsp3) is 0.438. The van der Waals surface area contributed by atoms with Gasteiger partial charge in [0.25, 0.3) is 0 Å². The largest absolute Gasteiger partial charge is 0.460 e. The van der Waals surface area contributed by atoms with Gasteiger partial charge in [-0.05, 0) is 18.9 Å². The van der Waals surface area contributed by atoms with Crippen molar-refractivity contribution in [1.82, 2.24) is 20.2 Å². The summed E-state index contributed by atoms with van der Waals surface area (Å²) in [5.74, 6) is 0.0530. The van der Waals surface area contributed by atoms with Crippen LogP contribution in [0.25, 0.3) is 10.9 Å². The lowest BCUT2D eigenvalue weighted by atomic mass is 10.1. The van der Waals surface area contributed by atoms with Crippen molar-refractivity contribution < 1.29 is 9.53 Å². The van der Waals surface area contributed by atoms with Crippen LogP contribution in [0.5, 0.6) is 6.01 Å². The highest BCUT2D eigenvalue weighted by Gasteiger charge is 2.22. The van der Waals surface area contributed by atoms with Crippen LogP contribution in [-0.2, 0) is 4.79 Å². The molecule has 0 unspecified atom stereocenters. The normalized spacial score (nSPS) is 16.6. The standard InChI is InChI=1S/C16H20N4O2/c1-17-15(21)11-20-8-6-13(7-9-20)22-16-18-10-12-4-2-3-5-14(12)19-16/h2-5,10,13H,6-9,11H2,1H3,(H,17,21). The minimum atomic E-state index is 0.0530. The predicted octanol–water partition coefficient (Wildman–Crippen LogP) is 1.22. The Balaban J connectivity index is 1.56. The van der Waals surface area contributed by atoms with Crippen LogP contribution < -0.4 is 10.1 Å². The number of nitrogens with zero attached hydrogens (tertiary/aromatic N) is 3. The van der Waals surface area contributed by atoms with Gasteiger partial charge >= 0.3 is 6.01 Å². The molecule has 0 aliphatic carbocycles. The number of hydrogen-bond donors (Lipinski definition) is 1. The van der Waals surface area contributed by atoms with E-state index in [1.165, 1.54) is 0 Å². The number of ether oxygens (including phenoxy) is 1. The van der Waals surface area contributed by atoms with Gasteiger partial charge in [-0.15, -0.1) is 0 Å². The molecule has 0 radical (unpaired) electrons. The molecule has 0 atom stereocenters. The van der Waals surface area contributed by atoms with E-state index in [1.807, 2.05) is 24.3 Å². The number of likely N-dealkylation sites (N-methyl/N-ethyl adjacent to an activating group) is 1. The first kappa shape index (κ1) is 14.7. The maximum atomic E-state index is 11.4. The Labute approximate surface area is 129 Å². The molecule has 1 aliphatic rings. The average Bonchev–Trinajstić information content (AvgIpc) is 2.56. The van der Waals surface area contributed by atoms with Gasteiger partial charge < -0.3 is 10.1 Å². The molecular formula is C16H20N4O2. The summed E-state index contributed by atoms with van der Waals surface area (Å²) in [6.45, 7) is 2.16. The second kappa shape index (κ2) is 6.70. The minimum absolute atomic E-state index is 0.0530. The first-order valence-corrected chi connectivity index (χ1v) is 7.56. The molecule has 22 heavy (non-hydrogen) atoms. The molecule has 1 aromatic heterocycles. The third-order valence-corrected chi connectivity index (χ3v) is 3.92. The van der Waals surface area contributed by atoms with E-state index in [0.717, 1.165) is 36.8 Å². The van der Waals surface area contributed by atoms with Crippen LogP contribution >= 0.6 is 0 Å². The summed E-state index contributed by atoms with van der Waals surface area (Å²) in [4.78, 5) is 22.2. The number of hydrogen-bond acceptors (Lipinski definition) is 5. The van der Waals surface area contributed by atoms with Gasteiger partial charge in [-0.3, -0.25) is 9.69 Å². The number of para-hydroxylation sites is 1. The molecule has 6 heteroatoms. The molecule has 0 spiro atoms. The number of aromatic nitrogens is 2. The maximum Gasteiger partial charge on any atom is 0.317 e. The summed E-state index contributed by atoms with van der Waals surface area (Å²) in [5, 5.41) is 3.66. The molecule has 1 N–H and O–H groups in total. The second-order valence-corrected chi connectivity index (χ2v) is 5.48. The molecule has 1 amide bonds. The third-order valence-electron chi connectivity index (χ3n) is 3.92. The predicted molar refractivity (Wildman–Crippen MR) is 83.7 cm³/mol. The fourth-order valence-electron chi connectivity index (χ4n) is 2.63. The Hall–Kier alpha value is -2.21. The lowest BCUT2D eigenvalue weighted by Gasteiger charge is -2.30. The van der Waals surface area contributed by atoms with Crippen molar-refractivity contribution in [2.45, 2.75) is 18.9 Å². The zero-order chi connectivity index (χ0) is 15.4. The number of amides is 1. The smallest absolute Gasteiger partial charge is 0.317 e. The monoisotopic (exact) mass is 300 g/mol. The van der Waals surface area contributed by atoms with Crippen molar-refractivity contribution in [2.24, 2.45) is 0 Å². The highest BCUT2D eigenvalue weighted by atomic mass is 16.5. The quantitative estimate of drug-likeness (QED) is 0.919. The summed E-state index contributed by atoms with van der Waals surface area (Å²) in [6.07, 6.45) is 3.67. The number of likely N-dealkylation sites (tertiary alicyclic amines) is 1. The van der Waals surface area contributed by atoms with Crippen LogP contribution in [0.4, 0.5) is 0 Å². The Kier molecular flexibility index (Phi) is 4.48. The number of piperidine rings is 1. The zero-order valence-corrected chi connectivity index (χ0v) is 12.7. The minimum Gasteiger partial charge on any atom is -0.460 e. The summed E-state index contributed by atoms with van der Waals surface area (Å²) >= 11 is 0. The molecule has 2 heterocycles. The SMILES string of the molecule is CNC(=O)CN1CCC(Oc2ncc3ccccc3n2)CC1. The lowest BCUT2D eigenvalue weighted by Crippen LogP contribution is -2.43. The summed E-state index contributed by atoms with van der Waals surface area (Å²) in [5.41, 5.74) is 0.893. The van der Waals surface area contributed by atoms with Crippen LogP contribution in [0.3, 0.4) is 0 Å². The highest BCUT2D eigenvalue weighted by molar-refractivity contribution is 5.78. The van der Waals surface area contributed by atoms with Gasteiger partial charge in [-0.25, -0.2) is 4.98 Å². The zero-order valence-electron chi connectivity index (χ0n) is 12.7. The molecular weight excluding hydrogens is 280 g/mol. The first-order chi connectivity index (χ1) is 10.7. The summed E-state index contributed by atoms with van der Waals surface area (Å²) in [7, 11) is 1.66. The molecule has 1 fully saturated rings. The number of fused-ring (bicyclic) bond motifs is 1. The van der Waals surface area contributed by atoms with E-state index in [1.54, 1.807) is 13.2 Å². The van der Waals surface area contributed by atoms with Gasteiger partial charge in [0.2, 0.25) is 5.91 Å². The molecule has 0 saturated carbocycles. The Bertz CT molecular complexity index is 653. The van der Waals surface area contributed by atoms with Gasteiger partial charge in [0.05, 0.1) is 12.1 Å². The van der Waals surface area contributed by atoms with Crippen molar-refractivity contribution >= 4 is 16.8 Å². The molecule has 3 rings (SSSR count). The van der Waals surface area contributed by atoms with E-state index in [4.69, 9.17) is 4.74 Å². The molecule has 0 bridgehead atoms. The number of nitrogens with one attached hydrogen (secondary N) is 1. The van der Waals surface area contributed by atoms with Gasteiger partial charge in [0, 0.05) is 31.7 Å². The number of carbonyl (C=O) groups excluding carboxylic acids is 1. The van der Waals surface area contributed by atoms with Gasteiger partial charge in [0.1, 0.15) is 6.10 Å². The van der Waals surface area contributed by atoms with E-state index >= 15 is 0 Å². The number of benzene rings is 1. The number of rotatable bonds is 4. The van der Waals surface area contributed by atoms with Gasteiger partial charge in [-0.1, -0.05) is 18.2 Å². The first-order valence-electron chi connectivity index (χ1n) is 7.56. The Morgan fingerprint density at radius 2 is 2.14 bits per heavy atom. The average molecular weight is 300 g/mol. The molecule has 116 valence electrons. The summed E-state index contributed by atoms with van der Waals surface area (Å²) < 4.78 is 5.89. The van der Waals surface area contributed by atoms with Gasteiger partial charge in [0.15, 0.2) is 0 Å². The van der Waals surface area contributed by atoms with E-state index < -0.39 is 0 Å². The number of carbonyl (C=O) groups is 1. The van der Waals surface area contributed by atoms with Crippen molar-refractivity contribution in [3.8, 4) is 6.01 Å². The van der Waals surface area contributed by atoms with E-state index in [9.17, 15) is 4.79 Å². The maximum absolute atomic E-state index is 11.4. The fourth-order valence-corrected chi connectivity index (χ4v) is 2.63. The topological polar surface area (TPSA) is 67.4 Å². The molecule has 1 aliphatic heterocycles. The second-order valence-electron chi connectivity index (χ2n) is 5.48. The van der Waals surface area contributed by atoms with E-state index in [-0.39, 0.29) is 12.0 Å². The third kappa shape index (κ3) is 3.51. The van der Waals surface area contributed by atoms with Crippen molar-refractivity contribution in [2.75, 3.05) is 26.7 Å².